The number of esters is 4. The van der Waals surface area contributed by atoms with Crippen LogP contribution in [0.5, 0.6) is 0 Å². The van der Waals surface area contributed by atoms with Crippen molar-refractivity contribution in [3.8, 4) is 0 Å². The molecule has 2 unspecified atom stereocenters. The number of aromatic nitrogens is 5. The molecule has 0 bridgehead atoms. The fourth-order valence-electron chi connectivity index (χ4n) is 23.1. The van der Waals surface area contributed by atoms with Crippen LogP contribution >= 0.6 is 72.6 Å². The third-order valence-corrected chi connectivity index (χ3v) is 37.4. The van der Waals surface area contributed by atoms with Crippen molar-refractivity contribution in [2.45, 2.75) is 207 Å². The fourth-order valence-corrected chi connectivity index (χ4v) is 29.1. The predicted octanol–water partition coefficient (Wildman–Crippen LogP) is 28.7. The first-order chi connectivity index (χ1) is 72.7. The molecule has 2 amide bonds. The SMILES string of the molecule is COC(=O)[C@@]1(c2cccc(F)c2C)CCC(c2nc3ccccc3s2)C1.COC(=O)[C@@]1(c2cccc(F)c2C)CCC(c2nc3ccccc3s2)C1.COC(=O)[C@]1(c2cccc(F)c2C)C=C(C)CC1.COC(=O)[C@]1(c2cccc(F)c2C)C=C(c2nc3c(Br)cccc3s2)CC1.Cc1c(F)cccc1[C@]1(C(=O)NO)CC[C@@H](c2nc3ccccc3s2)C1.Cc1c(F)cccc1[C@]1(C(=O)NO)CC[C@H](c2nc3ccccc3s2)C1.[2HH].[2H][2H]. The minimum atomic E-state index is -0.981. The standard InChI is InChI=1S/C21H17BrFNO2S.2C21H20FNO2S.2C20H19FN2O2S.C15H17FO2.2H2/c1-12-14(5-3-7-16(12)23)21(20(25)26-2)10-9-13(11-21)19-24-18-15(22)6-4-8-17(18)27-19;2*1-13-15(6-5-7-16(13)22)21(20(24)25-2)11-10-14(12-21)19-23-17-8-3-4-9-18(17)26-19;2*1-12-14(5-4-6-15(12)21)20(19(24)23-25)10-9-13(11-20)18-22-16-7-2-3-8-17(16)26-18;1-10-7-8-15(9-10,14(17)18-3)12-5-4-6-13(16)11(12)2;;/h3-8,11H,9-10H2,1-2H3;2*3-9,14H,10-12H2,1-2H3;2*2-8,13,25H,9-11H2,1H3,(H,23,24);4-6,9H,7-8H2,1-3H3;2*1H/t21-;2*14?,21-;13-,20+;13-,20-;15-;;/m000100../s1/i;;;;;;1+1D;1+1. The van der Waals surface area contributed by atoms with Crippen molar-refractivity contribution < 1.29 is 88.9 Å². The number of hydroxylamine groups is 2. The van der Waals surface area contributed by atoms with Gasteiger partial charge in [-0.15, -0.1) is 56.7 Å². The molecular weight excluding hydrogens is 2060 g/mol. The third kappa shape index (κ3) is 20.8. The van der Waals surface area contributed by atoms with E-state index < -0.39 is 44.3 Å². The van der Waals surface area contributed by atoms with Gasteiger partial charge in [0.1, 0.15) is 50.7 Å². The van der Waals surface area contributed by atoms with E-state index in [9.17, 15) is 65.5 Å². The molecule has 6 aliphatic carbocycles. The summed E-state index contributed by atoms with van der Waals surface area (Å²) >= 11 is 11.8. The van der Waals surface area contributed by atoms with Crippen molar-refractivity contribution in [2.24, 2.45) is 0 Å². The predicted molar refractivity (Wildman–Crippen MR) is 581 cm³/mol. The molecule has 774 valence electrons. The van der Waals surface area contributed by atoms with E-state index in [1.165, 1.54) is 64.8 Å². The molecule has 0 radical (unpaired) electrons. The number of allylic oxidation sites excluding steroid dienone is 2. The molecule has 6 aliphatic rings. The van der Waals surface area contributed by atoms with Crippen LogP contribution in [-0.4, -0.2) is 99.5 Å². The van der Waals surface area contributed by atoms with E-state index in [4.69, 9.17) is 46.8 Å². The number of rotatable bonds is 17. The lowest BCUT2D eigenvalue weighted by molar-refractivity contribution is -0.148. The molecule has 10 atom stereocenters. The Kier molecular flexibility index (Phi) is 32.1. The number of nitrogens with one attached hydrogen (secondary N) is 2. The normalized spacial score (nSPS) is 22.1. The number of amides is 2. The monoisotopic (exact) mass is 2180 g/mol. The zero-order valence-electron chi connectivity index (χ0n) is 86.0. The summed E-state index contributed by atoms with van der Waals surface area (Å²) in [4.78, 5) is 99.6. The number of ether oxygens (including phenoxy) is 4. The topological polar surface area (TPSA) is 268 Å². The van der Waals surface area contributed by atoms with Crippen molar-refractivity contribution >= 4 is 165 Å². The van der Waals surface area contributed by atoms with Crippen LogP contribution in [0.1, 0.15) is 230 Å². The molecule has 4 saturated carbocycles. The molecule has 0 spiro atoms. The van der Waals surface area contributed by atoms with Gasteiger partial charge in [0.15, 0.2) is 0 Å². The van der Waals surface area contributed by atoms with Gasteiger partial charge in [0, 0.05) is 32.5 Å². The van der Waals surface area contributed by atoms with Crippen LogP contribution < -0.4 is 11.0 Å². The van der Waals surface area contributed by atoms with E-state index in [1.54, 1.807) is 147 Å². The molecule has 5 aromatic heterocycles. The fraction of sp³-hybridized carbons (Fsp3) is 0.314. The van der Waals surface area contributed by atoms with Gasteiger partial charge < -0.3 is 18.9 Å². The minimum absolute atomic E-state index is 0. The molecule has 149 heavy (non-hydrogen) atoms. The number of hydrogen-bond acceptors (Lipinski definition) is 22. The van der Waals surface area contributed by atoms with Crippen molar-refractivity contribution in [1.29, 1.82) is 0 Å². The van der Waals surface area contributed by atoms with E-state index in [2.05, 4.69) is 28.1 Å². The van der Waals surface area contributed by atoms with Crippen molar-refractivity contribution in [3.05, 3.63) is 373 Å². The Morgan fingerprint density at radius 3 is 0.913 bits per heavy atom. The minimum Gasteiger partial charge on any atom is -0.468 e. The van der Waals surface area contributed by atoms with Crippen LogP contribution in [0.15, 0.2) is 247 Å². The molecule has 31 heteroatoms. The van der Waals surface area contributed by atoms with Gasteiger partial charge in [0.05, 0.1) is 121 Å². The summed E-state index contributed by atoms with van der Waals surface area (Å²) in [6.45, 7) is 12.2. The number of benzene rings is 11. The van der Waals surface area contributed by atoms with Crippen LogP contribution in [0.2, 0.25) is 0 Å². The molecule has 11 aromatic carbocycles. The number of fused-ring (bicyclic) bond motifs is 5. The summed E-state index contributed by atoms with van der Waals surface area (Å²) in [6.07, 6.45) is 14.3. The van der Waals surface area contributed by atoms with Crippen molar-refractivity contribution in [1.82, 2.24) is 35.9 Å². The van der Waals surface area contributed by atoms with Crippen LogP contribution in [0.3, 0.4) is 0 Å². The van der Waals surface area contributed by atoms with E-state index in [-0.39, 0.29) is 83.9 Å². The molecule has 16 aromatic rings. The van der Waals surface area contributed by atoms with E-state index in [1.807, 2.05) is 157 Å². The smallest absolute Gasteiger partial charge is 0.320 e. The second-order valence-electron chi connectivity index (χ2n) is 39.2. The lowest BCUT2D eigenvalue weighted by Gasteiger charge is -2.29. The first-order valence-corrected chi connectivity index (χ1v) is 54.2. The Bertz CT molecular complexity index is 7130. The molecule has 5 heterocycles. The van der Waals surface area contributed by atoms with Crippen LogP contribution in [0.4, 0.5) is 26.3 Å². The number of hydrogen-bond donors (Lipinski definition) is 4. The number of nitrogens with zero attached hydrogens (tertiary/aromatic N) is 5. The lowest BCUT2D eigenvalue weighted by atomic mass is 9.75. The van der Waals surface area contributed by atoms with Crippen molar-refractivity contribution in [2.75, 3.05) is 28.4 Å². The van der Waals surface area contributed by atoms with Gasteiger partial charge in [-0.25, -0.2) is 62.2 Å². The van der Waals surface area contributed by atoms with Crippen LogP contribution in [-0.2, 0) is 80.2 Å². The number of carbonyl (C=O) groups is 6. The molecule has 4 fully saturated rings. The molecular formula is C118H116BrF6N7O12S5. The van der Waals surface area contributed by atoms with Gasteiger partial charge >= 0.3 is 23.9 Å². The average molecular weight is 2180 g/mol. The maximum atomic E-state index is 14.2. The lowest BCUT2D eigenvalue weighted by Crippen LogP contribution is -2.42. The Morgan fingerprint density at radius 2 is 0.611 bits per heavy atom. The second kappa shape index (κ2) is 45.1. The molecule has 0 saturated heterocycles. The van der Waals surface area contributed by atoms with Gasteiger partial charge in [-0.2, -0.15) is 0 Å². The molecule has 0 aliphatic heterocycles. The van der Waals surface area contributed by atoms with Crippen LogP contribution in [0, 0.1) is 76.4 Å². The zero-order valence-corrected chi connectivity index (χ0v) is 89.7. The highest BCUT2D eigenvalue weighted by Gasteiger charge is 2.55. The summed E-state index contributed by atoms with van der Waals surface area (Å²) in [7, 11) is 5.56. The van der Waals surface area contributed by atoms with E-state index >= 15 is 0 Å². The average Bonchev–Trinajstić information content (AvgIpc) is 1.61. The largest absolute Gasteiger partial charge is 0.468 e. The molecule has 19 nitrogen and oxygen atoms in total. The van der Waals surface area contributed by atoms with Gasteiger partial charge in [0.2, 0.25) is 0 Å². The summed E-state index contributed by atoms with van der Waals surface area (Å²) in [6, 6.07) is 67.3. The molecule has 4 N–H and O–H groups in total. The van der Waals surface area contributed by atoms with E-state index in [0.29, 0.717) is 126 Å². The van der Waals surface area contributed by atoms with Crippen molar-refractivity contribution in [3.63, 3.8) is 0 Å². The summed E-state index contributed by atoms with van der Waals surface area (Å²) in [5, 5.41) is 23.7. The first-order valence-electron chi connectivity index (χ1n) is 50.3. The highest BCUT2D eigenvalue weighted by molar-refractivity contribution is 9.10. The maximum Gasteiger partial charge on any atom is 0.320 e. The van der Waals surface area contributed by atoms with Gasteiger partial charge in [-0.1, -0.05) is 145 Å². The first kappa shape index (κ1) is 106. The number of carbonyl (C=O) groups excluding carboxylic acids is 6. The van der Waals surface area contributed by atoms with Gasteiger partial charge in [0.25, 0.3) is 11.8 Å². The Hall–Kier alpha value is -12.9. The Morgan fingerprint density at radius 1 is 0.336 bits per heavy atom. The maximum absolute atomic E-state index is 14.2. The van der Waals surface area contributed by atoms with E-state index in [0.717, 1.165) is 135 Å². The Labute approximate surface area is 892 Å². The van der Waals surface area contributed by atoms with Gasteiger partial charge in [-0.05, 0) is 337 Å². The Balaban J connectivity index is 0.000000136. The summed E-state index contributed by atoms with van der Waals surface area (Å²) < 4.78 is 121. The summed E-state index contributed by atoms with van der Waals surface area (Å²) in [5.41, 5.74) is 12.4. The number of para-hydroxylation sites is 5. The van der Waals surface area contributed by atoms with Crippen LogP contribution in [0.25, 0.3) is 56.7 Å². The second-order valence-corrected chi connectivity index (χ2v) is 45.3. The summed E-state index contributed by atoms with van der Waals surface area (Å²) in [5.74, 6) is -3.48. The zero-order chi connectivity index (χ0) is 108. The highest BCUT2D eigenvalue weighted by Crippen LogP contribution is 2.57. The third-order valence-electron chi connectivity index (χ3n) is 30.9. The quantitative estimate of drug-likeness (QED) is 0.0165. The number of methoxy groups -OCH3 is 4. The van der Waals surface area contributed by atoms with Gasteiger partial charge in [-0.3, -0.25) is 39.2 Å². The molecule has 22 rings (SSSR count). The number of halogens is 7. The number of thiazole rings is 5. The highest BCUT2D eigenvalue weighted by atomic mass is 79.9.